The third-order valence-electron chi connectivity index (χ3n) is 2.65. The van der Waals surface area contributed by atoms with E-state index in [1.165, 1.54) is 17.0 Å². The number of carbonyl (C=O) groups is 1. The molecule has 1 aromatic carbocycles. The molecule has 0 aliphatic carbocycles. The van der Waals surface area contributed by atoms with Crippen LogP contribution in [-0.2, 0) is 9.05 Å². The SMILES string of the molecule is CCN(C)C(=O)c1cc(S(=O)(=O)Cl)cc(Br)c1C. The van der Waals surface area contributed by atoms with Crippen molar-refractivity contribution in [2.24, 2.45) is 0 Å². The lowest BCUT2D eigenvalue weighted by atomic mass is 10.1. The summed E-state index contributed by atoms with van der Waals surface area (Å²) in [5.74, 6) is -0.238. The minimum absolute atomic E-state index is 0.0884. The molecule has 0 aliphatic rings. The van der Waals surface area contributed by atoms with Gasteiger partial charge in [0.2, 0.25) is 0 Å². The Labute approximate surface area is 119 Å². The fourth-order valence-electron chi connectivity index (χ4n) is 1.37. The second-order valence-corrected chi connectivity index (χ2v) is 7.26. The lowest BCUT2D eigenvalue weighted by molar-refractivity contribution is 0.0801. The Morgan fingerprint density at radius 3 is 2.44 bits per heavy atom. The summed E-state index contributed by atoms with van der Waals surface area (Å²) in [4.78, 5) is 13.5. The highest BCUT2D eigenvalue weighted by Gasteiger charge is 2.20. The molecule has 0 saturated heterocycles. The van der Waals surface area contributed by atoms with Crippen molar-refractivity contribution in [2.45, 2.75) is 18.7 Å². The van der Waals surface area contributed by atoms with Gasteiger partial charge in [-0.1, -0.05) is 15.9 Å². The van der Waals surface area contributed by atoms with E-state index in [1.54, 1.807) is 14.0 Å². The average Bonchev–Trinajstić information content (AvgIpc) is 2.29. The van der Waals surface area contributed by atoms with E-state index >= 15 is 0 Å². The van der Waals surface area contributed by atoms with Crippen molar-refractivity contribution in [3.63, 3.8) is 0 Å². The molecule has 4 nitrogen and oxygen atoms in total. The van der Waals surface area contributed by atoms with Gasteiger partial charge >= 0.3 is 0 Å². The predicted octanol–water partition coefficient (Wildman–Crippen LogP) is 2.78. The topological polar surface area (TPSA) is 54.5 Å². The first-order valence-electron chi connectivity index (χ1n) is 5.18. The van der Waals surface area contributed by atoms with E-state index in [0.717, 1.165) is 0 Å². The molecule has 1 rings (SSSR count). The molecule has 0 bridgehead atoms. The van der Waals surface area contributed by atoms with Crippen LogP contribution in [0, 0.1) is 6.92 Å². The quantitative estimate of drug-likeness (QED) is 0.784. The van der Waals surface area contributed by atoms with Gasteiger partial charge in [0.1, 0.15) is 0 Å². The summed E-state index contributed by atoms with van der Waals surface area (Å²) in [6, 6.07) is 2.69. The van der Waals surface area contributed by atoms with Gasteiger partial charge in [-0.15, -0.1) is 0 Å². The molecule has 0 aliphatic heterocycles. The average molecular weight is 355 g/mol. The largest absolute Gasteiger partial charge is 0.342 e. The van der Waals surface area contributed by atoms with Crippen LogP contribution in [0.5, 0.6) is 0 Å². The zero-order chi connectivity index (χ0) is 14.1. The molecule has 0 atom stereocenters. The Morgan fingerprint density at radius 1 is 1.44 bits per heavy atom. The zero-order valence-electron chi connectivity index (χ0n) is 10.2. The van der Waals surface area contributed by atoms with Gasteiger partial charge < -0.3 is 4.90 Å². The smallest absolute Gasteiger partial charge is 0.261 e. The lowest BCUT2D eigenvalue weighted by Gasteiger charge is -2.17. The van der Waals surface area contributed by atoms with Crippen LogP contribution in [0.3, 0.4) is 0 Å². The first-order valence-corrected chi connectivity index (χ1v) is 8.29. The fraction of sp³-hybridized carbons (Fsp3) is 0.364. The molecule has 0 heterocycles. The van der Waals surface area contributed by atoms with Crippen molar-refractivity contribution >= 4 is 41.6 Å². The van der Waals surface area contributed by atoms with Crippen LogP contribution in [0.1, 0.15) is 22.8 Å². The Morgan fingerprint density at radius 2 is 2.00 bits per heavy atom. The Hall–Kier alpha value is -0.590. The highest BCUT2D eigenvalue weighted by atomic mass is 79.9. The van der Waals surface area contributed by atoms with E-state index < -0.39 is 9.05 Å². The highest BCUT2D eigenvalue weighted by molar-refractivity contribution is 9.10. The maximum Gasteiger partial charge on any atom is 0.261 e. The normalized spacial score (nSPS) is 11.4. The van der Waals surface area contributed by atoms with Crippen LogP contribution in [-0.4, -0.2) is 32.8 Å². The maximum absolute atomic E-state index is 12.1. The molecular weight excluding hydrogens is 342 g/mol. The van der Waals surface area contributed by atoms with E-state index in [1.807, 2.05) is 6.92 Å². The van der Waals surface area contributed by atoms with Gasteiger partial charge in [0.25, 0.3) is 15.0 Å². The third-order valence-corrected chi connectivity index (χ3v) is 4.81. The number of amides is 1. The van der Waals surface area contributed by atoms with Crippen molar-refractivity contribution in [1.29, 1.82) is 0 Å². The van der Waals surface area contributed by atoms with Crippen LogP contribution in [0.15, 0.2) is 21.5 Å². The molecule has 0 aromatic heterocycles. The van der Waals surface area contributed by atoms with Gasteiger partial charge in [-0.3, -0.25) is 4.79 Å². The van der Waals surface area contributed by atoms with Crippen molar-refractivity contribution in [1.82, 2.24) is 4.90 Å². The molecule has 0 unspecified atom stereocenters. The fourth-order valence-corrected chi connectivity index (χ4v) is 2.76. The monoisotopic (exact) mass is 353 g/mol. The van der Waals surface area contributed by atoms with Crippen molar-refractivity contribution in [2.75, 3.05) is 13.6 Å². The van der Waals surface area contributed by atoms with Crippen LogP contribution < -0.4 is 0 Å². The Bertz CT molecular complexity index is 586. The van der Waals surface area contributed by atoms with E-state index in [-0.39, 0.29) is 10.8 Å². The summed E-state index contributed by atoms with van der Waals surface area (Å²) >= 11 is 3.23. The highest BCUT2D eigenvalue weighted by Crippen LogP contribution is 2.27. The molecule has 0 fully saturated rings. The number of benzene rings is 1. The number of halogens is 2. The molecule has 7 heteroatoms. The summed E-state index contributed by atoms with van der Waals surface area (Å²) in [6.07, 6.45) is 0. The van der Waals surface area contributed by atoms with Gasteiger partial charge in [-0.2, -0.15) is 0 Å². The predicted molar refractivity (Wildman–Crippen MR) is 74.6 cm³/mol. The number of hydrogen-bond acceptors (Lipinski definition) is 3. The van der Waals surface area contributed by atoms with Gasteiger partial charge in [-0.25, -0.2) is 8.42 Å². The van der Waals surface area contributed by atoms with Crippen LogP contribution in [0.2, 0.25) is 0 Å². The number of hydrogen-bond donors (Lipinski definition) is 0. The molecule has 0 radical (unpaired) electrons. The lowest BCUT2D eigenvalue weighted by Crippen LogP contribution is -2.27. The Balaban J connectivity index is 3.45. The van der Waals surface area contributed by atoms with Crippen molar-refractivity contribution in [3.05, 3.63) is 27.7 Å². The molecule has 100 valence electrons. The van der Waals surface area contributed by atoms with Gasteiger partial charge in [0, 0.05) is 34.3 Å². The molecule has 0 N–H and O–H groups in total. The van der Waals surface area contributed by atoms with Gasteiger partial charge in [0.15, 0.2) is 0 Å². The first kappa shape index (κ1) is 15.5. The minimum Gasteiger partial charge on any atom is -0.342 e. The minimum atomic E-state index is -3.86. The second kappa shape index (κ2) is 5.59. The van der Waals surface area contributed by atoms with E-state index in [9.17, 15) is 13.2 Å². The summed E-state index contributed by atoms with van der Waals surface area (Å²) < 4.78 is 23.2. The van der Waals surface area contributed by atoms with Gasteiger partial charge in [-0.05, 0) is 31.5 Å². The summed E-state index contributed by atoms with van der Waals surface area (Å²) in [7, 11) is 3.09. The van der Waals surface area contributed by atoms with Crippen LogP contribution in [0.4, 0.5) is 0 Å². The molecule has 18 heavy (non-hydrogen) atoms. The van der Waals surface area contributed by atoms with E-state index in [4.69, 9.17) is 10.7 Å². The Kier molecular flexibility index (Phi) is 4.80. The van der Waals surface area contributed by atoms with Crippen molar-refractivity contribution in [3.8, 4) is 0 Å². The molecule has 0 saturated carbocycles. The number of nitrogens with zero attached hydrogens (tertiary/aromatic N) is 1. The number of carbonyl (C=O) groups excluding carboxylic acids is 1. The summed E-state index contributed by atoms with van der Waals surface area (Å²) in [6.45, 7) is 4.11. The summed E-state index contributed by atoms with van der Waals surface area (Å²) in [5.41, 5.74) is 1.01. The molecule has 1 amide bonds. The van der Waals surface area contributed by atoms with E-state index in [0.29, 0.717) is 22.1 Å². The van der Waals surface area contributed by atoms with E-state index in [2.05, 4.69) is 15.9 Å². The first-order chi connectivity index (χ1) is 8.18. The molecular formula is C11H13BrClNO3S. The standard InChI is InChI=1S/C11H13BrClNO3S/c1-4-14(3)11(15)9-5-8(18(13,16)17)6-10(12)7(9)2/h5-6H,4H2,1-3H3. The van der Waals surface area contributed by atoms with Gasteiger partial charge in [0.05, 0.1) is 4.90 Å². The molecule has 0 spiro atoms. The van der Waals surface area contributed by atoms with Crippen LogP contribution >= 0.6 is 26.6 Å². The summed E-state index contributed by atoms with van der Waals surface area (Å²) in [5, 5.41) is 0. The van der Waals surface area contributed by atoms with Crippen molar-refractivity contribution < 1.29 is 13.2 Å². The number of rotatable bonds is 3. The third kappa shape index (κ3) is 3.24. The molecule has 1 aromatic rings. The second-order valence-electron chi connectivity index (χ2n) is 3.83. The zero-order valence-corrected chi connectivity index (χ0v) is 13.4. The maximum atomic E-state index is 12.1. The van der Waals surface area contributed by atoms with Crippen LogP contribution in [0.25, 0.3) is 0 Å².